The summed E-state index contributed by atoms with van der Waals surface area (Å²) in [6.45, 7) is 14.3. The van der Waals surface area contributed by atoms with Gasteiger partial charge in [0.25, 0.3) is 0 Å². The molecular formula is C38H51N7O2. The highest BCUT2D eigenvalue weighted by Crippen LogP contribution is 2.49. The standard InChI is InChI=1S/C38H51N7O2/c1-5-26-19-28-34(35(47-21-25-8-9-25)33(26)32-24(3)7-10-30(40)29(32)20-39)41-36(27-11-15-43(4)16-12-27)42-37(28)44-17-13-38(14-18-44)22-45(23-38)31(46)6-2/h6-7,10,19-20,24-25,27,32,39H,2,5,8-9,11-18,21-23,40H2,1,3-4H3. The number of ether oxygens (including phenoxy) is 1. The zero-order valence-corrected chi connectivity index (χ0v) is 28.4. The summed E-state index contributed by atoms with van der Waals surface area (Å²) in [4.78, 5) is 29.9. The zero-order chi connectivity index (χ0) is 32.9. The quantitative estimate of drug-likeness (QED) is 0.274. The van der Waals surface area contributed by atoms with Gasteiger partial charge in [-0.2, -0.15) is 0 Å². The molecule has 1 aromatic carbocycles. The molecule has 47 heavy (non-hydrogen) atoms. The van der Waals surface area contributed by atoms with Gasteiger partial charge in [-0.25, -0.2) is 9.97 Å². The molecule has 4 heterocycles. The lowest BCUT2D eigenvalue weighted by atomic mass is 9.72. The minimum atomic E-state index is -0.0778. The number of hydrogen-bond donors (Lipinski definition) is 2. The molecule has 2 aromatic rings. The second-order valence-corrected chi connectivity index (χ2v) is 14.9. The van der Waals surface area contributed by atoms with Crippen LogP contribution in [0.3, 0.4) is 0 Å². The van der Waals surface area contributed by atoms with Crippen LogP contribution in [-0.4, -0.2) is 84.8 Å². The summed E-state index contributed by atoms with van der Waals surface area (Å²) >= 11 is 0. The maximum atomic E-state index is 12.2. The van der Waals surface area contributed by atoms with Crippen molar-refractivity contribution >= 4 is 28.8 Å². The van der Waals surface area contributed by atoms with Gasteiger partial charge in [0.1, 0.15) is 22.9 Å². The van der Waals surface area contributed by atoms with Crippen molar-refractivity contribution in [3.63, 3.8) is 0 Å². The average molecular weight is 638 g/mol. The highest BCUT2D eigenvalue weighted by atomic mass is 16.5. The number of fused-ring (bicyclic) bond motifs is 1. The molecule has 2 atom stereocenters. The van der Waals surface area contributed by atoms with E-state index in [1.54, 1.807) is 0 Å². The summed E-state index contributed by atoms with van der Waals surface area (Å²) in [5.74, 6) is 3.82. The highest BCUT2D eigenvalue weighted by Gasteiger charge is 2.46. The molecule has 7 rings (SSSR count). The lowest BCUT2D eigenvalue weighted by Gasteiger charge is -2.54. The van der Waals surface area contributed by atoms with Gasteiger partial charge in [-0.1, -0.05) is 26.5 Å². The molecule has 1 spiro atoms. The second kappa shape index (κ2) is 12.7. The molecule has 9 nitrogen and oxygen atoms in total. The van der Waals surface area contributed by atoms with Crippen molar-refractivity contribution in [2.75, 3.05) is 57.8 Å². The first-order valence-corrected chi connectivity index (χ1v) is 17.8. The predicted octanol–water partition coefficient (Wildman–Crippen LogP) is 5.56. The number of allylic oxidation sites excluding steroid dienone is 3. The largest absolute Gasteiger partial charge is 0.491 e. The Morgan fingerprint density at radius 2 is 1.87 bits per heavy atom. The number of carbonyl (C=O) groups is 1. The molecule has 9 heteroatoms. The first-order valence-electron chi connectivity index (χ1n) is 17.8. The number of likely N-dealkylation sites (tertiary alicyclic amines) is 2. The number of aryl methyl sites for hydroxylation is 1. The maximum absolute atomic E-state index is 12.2. The number of piperidine rings is 2. The number of amides is 1. The van der Waals surface area contributed by atoms with Gasteiger partial charge in [0, 0.05) is 71.9 Å². The van der Waals surface area contributed by atoms with Crippen LogP contribution in [0.1, 0.15) is 81.2 Å². The summed E-state index contributed by atoms with van der Waals surface area (Å²) in [7, 11) is 2.19. The van der Waals surface area contributed by atoms with Crippen molar-refractivity contribution in [2.24, 2.45) is 23.0 Å². The van der Waals surface area contributed by atoms with Crippen LogP contribution in [0.5, 0.6) is 5.75 Å². The van der Waals surface area contributed by atoms with E-state index in [-0.39, 0.29) is 23.2 Å². The van der Waals surface area contributed by atoms with Crippen LogP contribution < -0.4 is 15.4 Å². The monoisotopic (exact) mass is 637 g/mol. The third-order valence-corrected chi connectivity index (χ3v) is 11.6. The third kappa shape index (κ3) is 5.96. The molecule has 3 aliphatic heterocycles. The molecular weight excluding hydrogens is 586 g/mol. The fourth-order valence-corrected chi connectivity index (χ4v) is 8.34. The van der Waals surface area contributed by atoms with Crippen LogP contribution in [0.4, 0.5) is 5.82 Å². The van der Waals surface area contributed by atoms with E-state index in [0.29, 0.717) is 24.1 Å². The van der Waals surface area contributed by atoms with Gasteiger partial charge in [-0.05, 0) is 101 Å². The molecule has 5 aliphatic rings. The Morgan fingerprint density at radius 1 is 1.15 bits per heavy atom. The van der Waals surface area contributed by atoms with Gasteiger partial charge >= 0.3 is 0 Å². The number of nitrogens with two attached hydrogens (primary N) is 1. The fraction of sp³-hybridized carbons (Fsp3) is 0.579. The van der Waals surface area contributed by atoms with Gasteiger partial charge in [0.15, 0.2) is 0 Å². The molecule has 3 saturated heterocycles. The van der Waals surface area contributed by atoms with Gasteiger partial charge in [0.2, 0.25) is 5.91 Å². The summed E-state index contributed by atoms with van der Waals surface area (Å²) in [5, 5.41) is 9.45. The summed E-state index contributed by atoms with van der Waals surface area (Å²) in [6, 6.07) is 2.32. The Bertz CT molecular complexity index is 1620. The van der Waals surface area contributed by atoms with E-state index in [1.165, 1.54) is 30.7 Å². The minimum absolute atomic E-state index is 0.0368. The summed E-state index contributed by atoms with van der Waals surface area (Å²) < 4.78 is 6.93. The maximum Gasteiger partial charge on any atom is 0.245 e. The minimum Gasteiger partial charge on any atom is -0.491 e. The molecule has 4 fully saturated rings. The van der Waals surface area contributed by atoms with Crippen molar-refractivity contribution in [1.29, 1.82) is 5.41 Å². The second-order valence-electron chi connectivity index (χ2n) is 14.9. The predicted molar refractivity (Wildman–Crippen MR) is 188 cm³/mol. The lowest BCUT2D eigenvalue weighted by molar-refractivity contribution is -0.139. The Morgan fingerprint density at radius 3 is 2.51 bits per heavy atom. The smallest absolute Gasteiger partial charge is 0.245 e. The molecule has 0 bridgehead atoms. The molecule has 3 N–H and O–H groups in total. The van der Waals surface area contributed by atoms with E-state index >= 15 is 0 Å². The van der Waals surface area contributed by atoms with Crippen molar-refractivity contribution < 1.29 is 9.53 Å². The van der Waals surface area contributed by atoms with E-state index in [9.17, 15) is 4.79 Å². The van der Waals surface area contributed by atoms with Gasteiger partial charge in [0.05, 0.1) is 6.61 Å². The lowest BCUT2D eigenvalue weighted by Crippen LogP contribution is -2.61. The van der Waals surface area contributed by atoms with Gasteiger partial charge in [-0.15, -0.1) is 0 Å². The topological polar surface area (TPSA) is 112 Å². The molecule has 2 unspecified atom stereocenters. The number of aromatic nitrogens is 2. The Balaban J connectivity index is 1.35. The molecule has 1 saturated carbocycles. The Labute approximate surface area is 279 Å². The SMILES string of the molecule is C=CC(=O)N1CC2(CCN(c3nc(C4CCN(C)CC4)nc4c(OCC5CC5)c(C5C(C=N)=C(N)C=CC5C)c(CC)cc34)CC2)C1. The number of rotatable bonds is 9. The third-order valence-electron chi connectivity index (χ3n) is 11.6. The van der Waals surface area contributed by atoms with E-state index in [4.69, 9.17) is 25.8 Å². The number of anilines is 1. The van der Waals surface area contributed by atoms with Crippen LogP contribution in [0, 0.1) is 22.7 Å². The number of nitrogens with one attached hydrogen (secondary N) is 1. The summed E-state index contributed by atoms with van der Waals surface area (Å²) in [6.07, 6.45) is 14.4. The van der Waals surface area contributed by atoms with Crippen LogP contribution in [0.2, 0.25) is 0 Å². The molecule has 1 aromatic heterocycles. The zero-order valence-electron chi connectivity index (χ0n) is 28.4. The van der Waals surface area contributed by atoms with Crippen LogP contribution in [0.25, 0.3) is 10.9 Å². The van der Waals surface area contributed by atoms with Gasteiger partial charge in [-0.3, -0.25) is 4.79 Å². The Hall–Kier alpha value is -3.72. The van der Waals surface area contributed by atoms with E-state index < -0.39 is 0 Å². The van der Waals surface area contributed by atoms with Crippen LogP contribution in [0.15, 0.2) is 42.1 Å². The Kier molecular flexibility index (Phi) is 8.62. The molecule has 0 radical (unpaired) electrons. The fourth-order valence-electron chi connectivity index (χ4n) is 8.34. The van der Waals surface area contributed by atoms with Crippen LogP contribution in [-0.2, 0) is 11.2 Å². The molecule has 250 valence electrons. The normalized spacial score (nSPS) is 24.9. The number of benzene rings is 1. The summed E-state index contributed by atoms with van der Waals surface area (Å²) in [5.41, 5.74) is 11.5. The number of carbonyl (C=O) groups excluding carboxylic acids is 1. The van der Waals surface area contributed by atoms with Crippen molar-refractivity contribution in [3.05, 3.63) is 59.1 Å². The van der Waals surface area contributed by atoms with E-state index in [2.05, 4.69) is 49.4 Å². The number of nitrogens with zero attached hydrogens (tertiary/aromatic N) is 5. The van der Waals surface area contributed by atoms with Gasteiger partial charge < -0.3 is 30.6 Å². The van der Waals surface area contributed by atoms with Crippen molar-refractivity contribution in [3.8, 4) is 5.75 Å². The first-order chi connectivity index (χ1) is 22.7. The van der Waals surface area contributed by atoms with Crippen LogP contribution >= 0.6 is 0 Å². The van der Waals surface area contributed by atoms with Crippen molar-refractivity contribution in [2.45, 2.75) is 70.6 Å². The molecule has 1 amide bonds. The van der Waals surface area contributed by atoms with Crippen molar-refractivity contribution in [1.82, 2.24) is 19.8 Å². The van der Waals surface area contributed by atoms with E-state index in [1.807, 2.05) is 11.0 Å². The average Bonchev–Trinajstić information content (AvgIpc) is 3.91. The first kappa shape index (κ1) is 31.9. The number of hydrogen-bond acceptors (Lipinski definition) is 8. The highest BCUT2D eigenvalue weighted by molar-refractivity contribution is 5.96. The molecule has 2 aliphatic carbocycles. The van der Waals surface area contributed by atoms with E-state index in [0.717, 1.165) is 111 Å².